The van der Waals surface area contributed by atoms with Crippen LogP contribution in [0.15, 0.2) is 0 Å². The van der Waals surface area contributed by atoms with Crippen molar-refractivity contribution >= 4 is 0 Å². The Hall–Kier alpha value is -0.0800. The summed E-state index contributed by atoms with van der Waals surface area (Å²) in [5.74, 6) is 0.757. The molecule has 0 aromatic carbocycles. The molecule has 1 saturated heterocycles. The lowest BCUT2D eigenvalue weighted by Crippen LogP contribution is -2.34. The highest BCUT2D eigenvalue weighted by Gasteiger charge is 2.14. The molecule has 1 aliphatic heterocycles. The molecule has 1 rings (SSSR count). The van der Waals surface area contributed by atoms with Crippen molar-refractivity contribution < 1.29 is 4.74 Å². The van der Waals surface area contributed by atoms with Crippen LogP contribution < -0.4 is 5.32 Å². The van der Waals surface area contributed by atoms with Gasteiger partial charge in [0.1, 0.15) is 0 Å². The summed E-state index contributed by atoms with van der Waals surface area (Å²) in [6.45, 7) is 7.63. The Labute approximate surface area is 88.4 Å². The first-order valence-corrected chi connectivity index (χ1v) is 6.14. The first-order chi connectivity index (χ1) is 6.83. The van der Waals surface area contributed by atoms with Gasteiger partial charge in [0.05, 0.1) is 6.61 Å². The molecular formula is C12H25NO. The summed E-state index contributed by atoms with van der Waals surface area (Å²) < 4.78 is 5.46. The van der Waals surface area contributed by atoms with E-state index in [1.165, 1.54) is 32.1 Å². The molecule has 1 aliphatic rings. The van der Waals surface area contributed by atoms with Gasteiger partial charge in [0.25, 0.3) is 0 Å². The summed E-state index contributed by atoms with van der Waals surface area (Å²) >= 11 is 0. The molecule has 1 N–H and O–H groups in total. The van der Waals surface area contributed by atoms with Gasteiger partial charge in [-0.3, -0.25) is 0 Å². The number of ether oxygens (including phenoxy) is 1. The van der Waals surface area contributed by atoms with E-state index in [2.05, 4.69) is 19.2 Å². The third kappa shape index (κ3) is 4.97. The third-order valence-corrected chi connectivity index (χ3v) is 3.00. The van der Waals surface area contributed by atoms with Gasteiger partial charge in [-0.05, 0) is 32.1 Å². The van der Waals surface area contributed by atoms with Gasteiger partial charge in [-0.25, -0.2) is 0 Å². The monoisotopic (exact) mass is 199 g/mol. The lowest BCUT2D eigenvalue weighted by Gasteiger charge is -2.24. The minimum atomic E-state index is 0.678. The normalized spacial score (nSPS) is 24.9. The quantitative estimate of drug-likeness (QED) is 0.710. The van der Waals surface area contributed by atoms with Crippen LogP contribution in [0.5, 0.6) is 0 Å². The van der Waals surface area contributed by atoms with Crippen LogP contribution >= 0.6 is 0 Å². The molecule has 1 fully saturated rings. The molecule has 84 valence electrons. The van der Waals surface area contributed by atoms with Gasteiger partial charge in [-0.2, -0.15) is 0 Å². The topological polar surface area (TPSA) is 21.3 Å². The molecule has 2 nitrogen and oxygen atoms in total. The molecule has 0 aromatic rings. The molecule has 0 aliphatic carbocycles. The minimum Gasteiger partial charge on any atom is -0.381 e. The van der Waals surface area contributed by atoms with E-state index >= 15 is 0 Å². The van der Waals surface area contributed by atoms with Gasteiger partial charge in [0.15, 0.2) is 0 Å². The Bertz CT molecular complexity index is 132. The second-order valence-electron chi connectivity index (χ2n) is 4.53. The summed E-state index contributed by atoms with van der Waals surface area (Å²) in [5, 5.41) is 3.61. The maximum atomic E-state index is 5.46. The maximum Gasteiger partial charge on any atom is 0.0506 e. The third-order valence-electron chi connectivity index (χ3n) is 3.00. The smallest absolute Gasteiger partial charge is 0.0506 e. The standard InChI is InChI=1S/C12H25NO/c1-3-4-6-11(2)13-9-12-7-5-8-14-10-12/h11-13H,3-10H2,1-2H3. The fourth-order valence-electron chi connectivity index (χ4n) is 1.95. The minimum absolute atomic E-state index is 0.678. The van der Waals surface area contributed by atoms with E-state index in [9.17, 15) is 0 Å². The fourth-order valence-corrected chi connectivity index (χ4v) is 1.95. The van der Waals surface area contributed by atoms with Gasteiger partial charge >= 0.3 is 0 Å². The average molecular weight is 199 g/mol. The molecule has 0 spiro atoms. The highest BCUT2D eigenvalue weighted by Crippen LogP contribution is 2.12. The van der Waals surface area contributed by atoms with E-state index in [-0.39, 0.29) is 0 Å². The highest BCUT2D eigenvalue weighted by molar-refractivity contribution is 4.68. The molecule has 14 heavy (non-hydrogen) atoms. The summed E-state index contributed by atoms with van der Waals surface area (Å²) in [6.07, 6.45) is 6.54. The Morgan fingerprint density at radius 3 is 3.00 bits per heavy atom. The van der Waals surface area contributed by atoms with E-state index in [0.29, 0.717) is 6.04 Å². The molecule has 0 bridgehead atoms. The van der Waals surface area contributed by atoms with Crippen LogP contribution in [-0.2, 0) is 4.74 Å². The van der Waals surface area contributed by atoms with Crippen molar-refractivity contribution in [3.05, 3.63) is 0 Å². The Morgan fingerprint density at radius 1 is 1.50 bits per heavy atom. The Balaban J connectivity index is 2.00. The van der Waals surface area contributed by atoms with Crippen molar-refractivity contribution in [1.29, 1.82) is 0 Å². The zero-order valence-electron chi connectivity index (χ0n) is 9.72. The molecular weight excluding hydrogens is 174 g/mol. The van der Waals surface area contributed by atoms with Crippen molar-refractivity contribution in [3.63, 3.8) is 0 Å². The molecule has 2 unspecified atom stereocenters. The summed E-state index contributed by atoms with van der Waals surface area (Å²) in [5.41, 5.74) is 0. The van der Waals surface area contributed by atoms with E-state index < -0.39 is 0 Å². The molecule has 0 amide bonds. The maximum absolute atomic E-state index is 5.46. The Morgan fingerprint density at radius 2 is 2.36 bits per heavy atom. The zero-order chi connectivity index (χ0) is 10.2. The number of hydrogen-bond donors (Lipinski definition) is 1. The van der Waals surface area contributed by atoms with Crippen LogP contribution in [0.25, 0.3) is 0 Å². The first kappa shape index (κ1) is 12.0. The second kappa shape index (κ2) is 7.24. The summed E-state index contributed by atoms with van der Waals surface area (Å²) in [7, 11) is 0. The predicted molar refractivity (Wildman–Crippen MR) is 60.5 cm³/mol. The van der Waals surface area contributed by atoms with E-state index in [4.69, 9.17) is 4.74 Å². The van der Waals surface area contributed by atoms with Crippen LogP contribution in [0.2, 0.25) is 0 Å². The van der Waals surface area contributed by atoms with Gasteiger partial charge in [-0.1, -0.05) is 19.8 Å². The lowest BCUT2D eigenvalue weighted by molar-refractivity contribution is 0.0539. The lowest BCUT2D eigenvalue weighted by atomic mass is 10.0. The zero-order valence-corrected chi connectivity index (χ0v) is 9.72. The van der Waals surface area contributed by atoms with Crippen molar-refractivity contribution in [2.45, 2.75) is 52.0 Å². The SMILES string of the molecule is CCCCC(C)NCC1CCCOC1. The van der Waals surface area contributed by atoms with Gasteiger partial charge < -0.3 is 10.1 Å². The van der Waals surface area contributed by atoms with E-state index in [1.54, 1.807) is 0 Å². The van der Waals surface area contributed by atoms with Gasteiger partial charge in [0, 0.05) is 19.2 Å². The number of rotatable bonds is 6. The molecule has 2 heteroatoms. The molecule has 2 atom stereocenters. The van der Waals surface area contributed by atoms with Crippen LogP contribution in [0.1, 0.15) is 46.0 Å². The molecule has 0 radical (unpaired) electrons. The van der Waals surface area contributed by atoms with Crippen molar-refractivity contribution in [2.24, 2.45) is 5.92 Å². The fraction of sp³-hybridized carbons (Fsp3) is 1.00. The summed E-state index contributed by atoms with van der Waals surface area (Å²) in [6, 6.07) is 0.678. The largest absolute Gasteiger partial charge is 0.381 e. The average Bonchev–Trinajstić information content (AvgIpc) is 2.25. The predicted octanol–water partition coefficient (Wildman–Crippen LogP) is 2.58. The van der Waals surface area contributed by atoms with Crippen LogP contribution in [-0.4, -0.2) is 25.8 Å². The first-order valence-electron chi connectivity index (χ1n) is 6.14. The van der Waals surface area contributed by atoms with Crippen LogP contribution in [0.3, 0.4) is 0 Å². The molecule has 0 aromatic heterocycles. The molecule has 1 heterocycles. The second-order valence-corrected chi connectivity index (χ2v) is 4.53. The Kier molecular flexibility index (Phi) is 6.20. The van der Waals surface area contributed by atoms with Crippen molar-refractivity contribution in [1.82, 2.24) is 5.32 Å². The number of hydrogen-bond acceptors (Lipinski definition) is 2. The van der Waals surface area contributed by atoms with E-state index in [0.717, 1.165) is 25.7 Å². The number of nitrogens with one attached hydrogen (secondary N) is 1. The van der Waals surface area contributed by atoms with Crippen LogP contribution in [0, 0.1) is 5.92 Å². The van der Waals surface area contributed by atoms with Gasteiger partial charge in [0.2, 0.25) is 0 Å². The van der Waals surface area contributed by atoms with Gasteiger partial charge in [-0.15, -0.1) is 0 Å². The van der Waals surface area contributed by atoms with Crippen LogP contribution in [0.4, 0.5) is 0 Å². The summed E-state index contributed by atoms with van der Waals surface area (Å²) in [4.78, 5) is 0. The van der Waals surface area contributed by atoms with E-state index in [1.807, 2.05) is 0 Å². The molecule has 0 saturated carbocycles. The van der Waals surface area contributed by atoms with Crippen molar-refractivity contribution in [2.75, 3.05) is 19.8 Å². The van der Waals surface area contributed by atoms with Crippen molar-refractivity contribution in [3.8, 4) is 0 Å². The number of unbranched alkanes of at least 4 members (excludes halogenated alkanes) is 1. The highest BCUT2D eigenvalue weighted by atomic mass is 16.5.